The fourth-order valence-corrected chi connectivity index (χ4v) is 4.03. The van der Waals surface area contributed by atoms with Crippen LogP contribution in [-0.4, -0.2) is 30.5 Å². The van der Waals surface area contributed by atoms with Crippen molar-refractivity contribution in [2.45, 2.75) is 25.6 Å². The van der Waals surface area contributed by atoms with Crippen LogP contribution in [0, 0.1) is 0 Å². The van der Waals surface area contributed by atoms with Gasteiger partial charge in [0.1, 0.15) is 6.17 Å². The van der Waals surface area contributed by atoms with Gasteiger partial charge in [-0.3, -0.25) is 10.3 Å². The highest BCUT2D eigenvalue weighted by molar-refractivity contribution is 6.30. The number of aromatic hydroxyl groups is 1. The standard InChI is InChI=1S/C26H25ClN2O4/c1-3-33-23-6-4-5-20(24(23)30)22-15-21(16-11-13-19(27)14-12-16)28-25(29-22)17-7-9-18(10-8-17)26(31)32-2/h4-14,22,25,29-30H,3,15H2,1-2H3/t22-,25+/m0/s1. The van der Waals surface area contributed by atoms with Crippen LogP contribution in [0.4, 0.5) is 0 Å². The summed E-state index contributed by atoms with van der Waals surface area (Å²) in [5, 5.41) is 15.1. The largest absolute Gasteiger partial charge is 0.504 e. The van der Waals surface area contributed by atoms with E-state index in [1.54, 1.807) is 18.2 Å². The molecule has 3 aromatic carbocycles. The summed E-state index contributed by atoms with van der Waals surface area (Å²) >= 11 is 6.08. The molecule has 0 fully saturated rings. The van der Waals surface area contributed by atoms with E-state index in [1.165, 1.54) is 7.11 Å². The van der Waals surface area contributed by atoms with Crippen molar-refractivity contribution in [3.63, 3.8) is 0 Å². The SMILES string of the molecule is CCOc1cccc([C@@H]2CC(c3ccc(Cl)cc3)=N[C@@H](c3ccc(C(=O)OC)cc3)N2)c1O. The number of halogens is 1. The first-order valence-corrected chi connectivity index (χ1v) is 11.1. The second-order valence-corrected chi connectivity index (χ2v) is 8.09. The number of phenols is 1. The lowest BCUT2D eigenvalue weighted by molar-refractivity contribution is 0.0600. The summed E-state index contributed by atoms with van der Waals surface area (Å²) in [7, 11) is 1.36. The fraction of sp³-hybridized carbons (Fsp3) is 0.231. The van der Waals surface area contributed by atoms with Gasteiger partial charge >= 0.3 is 5.97 Å². The number of carbonyl (C=O) groups excluding carboxylic acids is 1. The van der Waals surface area contributed by atoms with Gasteiger partial charge in [0.05, 0.1) is 19.3 Å². The number of rotatable bonds is 6. The van der Waals surface area contributed by atoms with Gasteiger partial charge in [-0.05, 0) is 48.4 Å². The molecule has 1 heterocycles. The number of nitrogens with one attached hydrogen (secondary N) is 1. The van der Waals surface area contributed by atoms with E-state index in [9.17, 15) is 9.90 Å². The van der Waals surface area contributed by atoms with Gasteiger partial charge in [0.25, 0.3) is 0 Å². The van der Waals surface area contributed by atoms with Crippen LogP contribution < -0.4 is 10.1 Å². The highest BCUT2D eigenvalue weighted by atomic mass is 35.5. The summed E-state index contributed by atoms with van der Waals surface area (Å²) in [5.74, 6) is 0.180. The van der Waals surface area contributed by atoms with Crippen molar-refractivity contribution >= 4 is 23.3 Å². The Bertz CT molecular complexity index is 1160. The van der Waals surface area contributed by atoms with E-state index in [0.29, 0.717) is 29.4 Å². The Labute approximate surface area is 197 Å². The van der Waals surface area contributed by atoms with Gasteiger partial charge in [0.15, 0.2) is 11.5 Å². The number of hydrogen-bond donors (Lipinski definition) is 2. The summed E-state index contributed by atoms with van der Waals surface area (Å²) < 4.78 is 10.4. The Balaban J connectivity index is 1.72. The molecule has 33 heavy (non-hydrogen) atoms. The first kappa shape index (κ1) is 22.8. The van der Waals surface area contributed by atoms with Gasteiger partial charge in [-0.1, -0.05) is 48.0 Å². The Morgan fingerprint density at radius 1 is 1.12 bits per heavy atom. The number of carbonyl (C=O) groups is 1. The van der Waals surface area contributed by atoms with Gasteiger partial charge in [-0.25, -0.2) is 4.79 Å². The van der Waals surface area contributed by atoms with Crippen molar-refractivity contribution in [1.29, 1.82) is 0 Å². The third kappa shape index (κ3) is 5.02. The van der Waals surface area contributed by atoms with Crippen LogP contribution in [0.15, 0.2) is 71.7 Å². The maximum absolute atomic E-state index is 11.8. The first-order chi connectivity index (χ1) is 16.0. The first-order valence-electron chi connectivity index (χ1n) is 10.7. The molecule has 1 aliphatic heterocycles. The third-order valence-corrected chi connectivity index (χ3v) is 5.82. The molecule has 2 atom stereocenters. The molecule has 1 aliphatic rings. The summed E-state index contributed by atoms with van der Waals surface area (Å²) in [6.07, 6.45) is 0.192. The number of benzene rings is 3. The van der Waals surface area contributed by atoms with Crippen molar-refractivity contribution < 1.29 is 19.4 Å². The van der Waals surface area contributed by atoms with Crippen molar-refractivity contribution in [2.75, 3.05) is 13.7 Å². The zero-order chi connectivity index (χ0) is 23.4. The molecule has 0 unspecified atom stereocenters. The molecule has 7 heteroatoms. The number of para-hydroxylation sites is 1. The van der Waals surface area contributed by atoms with Gasteiger partial charge < -0.3 is 14.6 Å². The summed E-state index contributed by atoms with van der Waals surface area (Å²) in [4.78, 5) is 16.8. The summed E-state index contributed by atoms with van der Waals surface area (Å²) in [6.45, 7) is 2.34. The smallest absolute Gasteiger partial charge is 0.337 e. The van der Waals surface area contributed by atoms with Crippen LogP contribution in [0.3, 0.4) is 0 Å². The van der Waals surface area contributed by atoms with Crippen molar-refractivity contribution in [3.8, 4) is 11.5 Å². The Morgan fingerprint density at radius 2 is 1.85 bits per heavy atom. The molecule has 0 bridgehead atoms. The van der Waals surface area contributed by atoms with Crippen LogP contribution in [0.2, 0.25) is 5.02 Å². The minimum Gasteiger partial charge on any atom is -0.504 e. The van der Waals surface area contributed by atoms with Crippen LogP contribution in [0.5, 0.6) is 11.5 Å². The molecule has 0 aromatic heterocycles. The molecule has 6 nitrogen and oxygen atoms in total. The van der Waals surface area contributed by atoms with Crippen molar-refractivity contribution in [2.24, 2.45) is 4.99 Å². The van der Waals surface area contributed by atoms with Crippen molar-refractivity contribution in [1.82, 2.24) is 5.32 Å². The zero-order valence-corrected chi connectivity index (χ0v) is 19.2. The van der Waals surface area contributed by atoms with Gasteiger partial charge in [0.2, 0.25) is 0 Å². The highest BCUT2D eigenvalue weighted by Gasteiger charge is 2.28. The van der Waals surface area contributed by atoms with Crippen molar-refractivity contribution in [3.05, 3.63) is 94.0 Å². The van der Waals surface area contributed by atoms with Crippen LogP contribution in [0.1, 0.15) is 52.6 Å². The fourth-order valence-electron chi connectivity index (χ4n) is 3.91. The maximum Gasteiger partial charge on any atom is 0.337 e. The van der Waals surface area contributed by atoms with E-state index in [0.717, 1.165) is 22.4 Å². The quantitative estimate of drug-likeness (QED) is 0.474. The number of nitrogens with zero attached hydrogens (tertiary/aromatic N) is 1. The molecule has 0 spiro atoms. The van der Waals surface area contributed by atoms with Crippen LogP contribution in [-0.2, 0) is 4.74 Å². The monoisotopic (exact) mass is 464 g/mol. The van der Waals surface area contributed by atoms with E-state index in [4.69, 9.17) is 26.1 Å². The van der Waals surface area contributed by atoms with Gasteiger partial charge in [-0.15, -0.1) is 0 Å². The van der Waals surface area contributed by atoms with E-state index in [-0.39, 0.29) is 23.9 Å². The lowest BCUT2D eigenvalue weighted by Gasteiger charge is -2.31. The van der Waals surface area contributed by atoms with Gasteiger partial charge in [-0.2, -0.15) is 0 Å². The second kappa shape index (κ2) is 10.1. The topological polar surface area (TPSA) is 80.2 Å². The Kier molecular flexibility index (Phi) is 6.96. The highest BCUT2D eigenvalue weighted by Crippen LogP contribution is 2.39. The third-order valence-electron chi connectivity index (χ3n) is 5.57. The molecule has 0 amide bonds. The number of phenolic OH excluding ortho intramolecular Hbond substituents is 1. The lowest BCUT2D eigenvalue weighted by atomic mass is 9.93. The number of ether oxygens (including phenoxy) is 2. The average Bonchev–Trinajstić information content (AvgIpc) is 2.85. The van der Waals surface area contributed by atoms with E-state index < -0.39 is 0 Å². The number of esters is 1. The lowest BCUT2D eigenvalue weighted by Crippen LogP contribution is -2.33. The second-order valence-electron chi connectivity index (χ2n) is 7.65. The molecule has 0 saturated carbocycles. The molecule has 2 N–H and O–H groups in total. The molecule has 170 valence electrons. The van der Waals surface area contributed by atoms with Gasteiger partial charge in [0, 0.05) is 28.8 Å². The molecule has 0 saturated heterocycles. The predicted octanol–water partition coefficient (Wildman–Crippen LogP) is 5.45. The number of hydrogen-bond acceptors (Lipinski definition) is 6. The molecular formula is C26H25ClN2O4. The molecular weight excluding hydrogens is 440 g/mol. The molecule has 4 rings (SSSR count). The molecule has 0 aliphatic carbocycles. The Hall–Kier alpha value is -3.35. The Morgan fingerprint density at radius 3 is 2.52 bits per heavy atom. The van der Waals surface area contributed by atoms with Crippen LogP contribution in [0.25, 0.3) is 0 Å². The van der Waals surface area contributed by atoms with E-state index >= 15 is 0 Å². The van der Waals surface area contributed by atoms with E-state index in [2.05, 4.69) is 5.32 Å². The number of methoxy groups -OCH3 is 1. The molecule has 3 aromatic rings. The van der Waals surface area contributed by atoms with E-state index in [1.807, 2.05) is 55.5 Å². The van der Waals surface area contributed by atoms with Crippen LogP contribution >= 0.6 is 11.6 Å². The zero-order valence-electron chi connectivity index (χ0n) is 18.4. The average molecular weight is 465 g/mol. The number of aliphatic imine (C=N–C) groups is 1. The minimum atomic E-state index is -0.390. The molecule has 0 radical (unpaired) electrons. The summed E-state index contributed by atoms with van der Waals surface area (Å²) in [6, 6.07) is 20.0. The normalized spacial score (nSPS) is 17.8. The predicted molar refractivity (Wildman–Crippen MR) is 128 cm³/mol. The minimum absolute atomic E-state index is 0.119. The maximum atomic E-state index is 11.8. The summed E-state index contributed by atoms with van der Waals surface area (Å²) in [5.41, 5.74) is 3.94.